The van der Waals surface area contributed by atoms with Crippen LogP contribution in [0.2, 0.25) is 0 Å². The van der Waals surface area contributed by atoms with E-state index in [1.165, 1.54) is 12.1 Å². The first kappa shape index (κ1) is 26.2. The Hall–Kier alpha value is -1.87. The quantitative estimate of drug-likeness (QED) is 0.585. The number of hydrogen-bond donors (Lipinski definition) is 2. The number of carbonyl (C=O) groups excluding carboxylic acids is 1. The second-order valence-electron chi connectivity index (χ2n) is 10.1. The molecule has 2 N–H and O–H groups in total. The third-order valence-electron chi connectivity index (χ3n) is 7.72. The number of benzene rings is 2. The van der Waals surface area contributed by atoms with Crippen molar-refractivity contribution in [1.82, 2.24) is 10.2 Å². The molecule has 1 atom stereocenters. The summed E-state index contributed by atoms with van der Waals surface area (Å²) in [6, 6.07) is 11.5. The van der Waals surface area contributed by atoms with Gasteiger partial charge in [0.2, 0.25) is 5.91 Å². The number of aromatic carboxylic acids is 1. The zero-order chi connectivity index (χ0) is 24.1. The Morgan fingerprint density at radius 1 is 0.971 bits per heavy atom. The van der Waals surface area contributed by atoms with Crippen molar-refractivity contribution in [2.45, 2.75) is 62.8 Å². The van der Waals surface area contributed by atoms with Crippen molar-refractivity contribution in [1.29, 1.82) is 0 Å². The molecule has 1 saturated heterocycles. The van der Waals surface area contributed by atoms with E-state index in [1.807, 2.05) is 0 Å². The number of carboxylic acid groups (broad SMARTS) is 1. The molecule has 2 saturated carbocycles. The maximum absolute atomic E-state index is 13.5. The molecule has 0 bridgehead atoms. The number of alkyl halides is 3. The Bertz CT molecular complexity index is 1090. The van der Waals surface area contributed by atoms with Crippen LogP contribution in [0.15, 0.2) is 48.5 Å². The number of nitrogens with zero attached hydrogens (tertiary/aromatic N) is 1. The van der Waals surface area contributed by atoms with Crippen LogP contribution < -0.4 is 5.32 Å². The van der Waals surface area contributed by atoms with E-state index in [0.717, 1.165) is 68.3 Å². The van der Waals surface area contributed by atoms with Gasteiger partial charge in [-0.2, -0.15) is 13.2 Å². The average molecular weight is 497 g/mol. The number of nitrogens with one attached hydrogen (secondary N) is 1. The van der Waals surface area contributed by atoms with Crippen molar-refractivity contribution < 1.29 is 27.9 Å². The van der Waals surface area contributed by atoms with Gasteiger partial charge in [-0.25, -0.2) is 4.79 Å². The molecule has 1 amide bonds. The van der Waals surface area contributed by atoms with E-state index in [4.69, 9.17) is 5.11 Å². The standard InChI is InChI=1S/C26H27F3N2O3.Na.H/c27-26(28,29)20-5-1-17(2-6-20)16-31-14-13-24(9-10-24)15-21(31)22(32)30-25(11-12-25)19-7-3-18(4-8-19)23(33)34;;/h1-8,21H,9-16H2,(H,30,32)(H,33,34);;/t21-;;/m1../s1. The Morgan fingerprint density at radius 2 is 1.60 bits per heavy atom. The van der Waals surface area contributed by atoms with E-state index < -0.39 is 23.2 Å². The number of rotatable bonds is 6. The van der Waals surface area contributed by atoms with Gasteiger partial charge in [-0.05, 0) is 85.9 Å². The van der Waals surface area contributed by atoms with Crippen molar-refractivity contribution in [2.24, 2.45) is 5.41 Å². The molecule has 2 aromatic carbocycles. The molecule has 0 unspecified atom stereocenters. The number of halogens is 3. The van der Waals surface area contributed by atoms with E-state index in [0.29, 0.717) is 6.54 Å². The van der Waals surface area contributed by atoms with Gasteiger partial charge in [-0.1, -0.05) is 24.3 Å². The van der Waals surface area contributed by atoms with E-state index in [-0.39, 0.29) is 52.5 Å². The molecular formula is C26H28F3N2NaO3. The zero-order valence-corrected chi connectivity index (χ0v) is 18.7. The number of likely N-dealkylation sites (tertiary alicyclic amines) is 1. The Morgan fingerprint density at radius 3 is 2.11 bits per heavy atom. The van der Waals surface area contributed by atoms with Crippen LogP contribution >= 0.6 is 0 Å². The van der Waals surface area contributed by atoms with Crippen LogP contribution in [-0.4, -0.2) is 64.0 Å². The van der Waals surface area contributed by atoms with Crippen LogP contribution in [0.3, 0.4) is 0 Å². The van der Waals surface area contributed by atoms with Gasteiger partial charge in [0.05, 0.1) is 22.7 Å². The Kier molecular flexibility index (Phi) is 7.14. The van der Waals surface area contributed by atoms with Gasteiger partial charge in [0, 0.05) is 6.54 Å². The van der Waals surface area contributed by atoms with Gasteiger partial charge in [0.15, 0.2) is 0 Å². The molecular weight excluding hydrogens is 468 g/mol. The molecule has 1 aliphatic heterocycles. The number of hydrogen-bond acceptors (Lipinski definition) is 3. The van der Waals surface area contributed by atoms with Crippen LogP contribution in [0.1, 0.15) is 65.6 Å². The molecule has 3 fully saturated rings. The van der Waals surface area contributed by atoms with Crippen LogP contribution in [-0.2, 0) is 23.1 Å². The molecule has 1 heterocycles. The molecule has 35 heavy (non-hydrogen) atoms. The summed E-state index contributed by atoms with van der Waals surface area (Å²) in [5.41, 5.74) is 0.933. The molecule has 2 aliphatic carbocycles. The minimum atomic E-state index is -4.37. The summed E-state index contributed by atoms with van der Waals surface area (Å²) >= 11 is 0. The average Bonchev–Trinajstić information content (AvgIpc) is 3.73. The first-order chi connectivity index (χ1) is 16.1. The normalized spacial score (nSPS) is 22.2. The third kappa shape index (κ3) is 5.61. The Labute approximate surface area is 224 Å². The van der Waals surface area contributed by atoms with Gasteiger partial charge in [0.25, 0.3) is 0 Å². The minimum absolute atomic E-state index is 0. The summed E-state index contributed by atoms with van der Waals surface area (Å²) in [7, 11) is 0. The second kappa shape index (κ2) is 9.54. The fourth-order valence-electron chi connectivity index (χ4n) is 5.15. The number of amides is 1. The molecule has 2 aromatic rings. The van der Waals surface area contributed by atoms with Crippen LogP contribution in [0, 0.1) is 5.41 Å². The van der Waals surface area contributed by atoms with Crippen LogP contribution in [0.4, 0.5) is 13.2 Å². The SMILES string of the molecule is O=C(O)c1ccc(C2(NC(=O)[C@H]3CC4(CCN3Cc3ccc(C(F)(F)F)cc3)CC4)CC2)cc1.[NaH]. The topological polar surface area (TPSA) is 69.6 Å². The molecule has 182 valence electrons. The second-order valence-corrected chi connectivity index (χ2v) is 10.1. The molecule has 5 nitrogen and oxygen atoms in total. The predicted molar refractivity (Wildman–Crippen MR) is 126 cm³/mol. The molecule has 5 rings (SSSR count). The van der Waals surface area contributed by atoms with Crippen molar-refractivity contribution in [3.8, 4) is 0 Å². The maximum atomic E-state index is 13.5. The molecule has 1 spiro atoms. The summed E-state index contributed by atoms with van der Waals surface area (Å²) in [5, 5.41) is 12.4. The monoisotopic (exact) mass is 496 g/mol. The van der Waals surface area contributed by atoms with Crippen molar-refractivity contribution in [3.63, 3.8) is 0 Å². The summed E-state index contributed by atoms with van der Waals surface area (Å²) in [6.45, 7) is 1.16. The zero-order valence-electron chi connectivity index (χ0n) is 18.7. The molecule has 3 aliphatic rings. The molecule has 9 heteroatoms. The van der Waals surface area contributed by atoms with Gasteiger partial charge < -0.3 is 10.4 Å². The summed E-state index contributed by atoms with van der Waals surface area (Å²) < 4.78 is 38.7. The predicted octanol–water partition coefficient (Wildman–Crippen LogP) is 4.31. The van der Waals surface area contributed by atoms with E-state index in [2.05, 4.69) is 10.2 Å². The number of carbonyl (C=O) groups is 2. The summed E-state index contributed by atoms with van der Waals surface area (Å²) in [4.78, 5) is 26.7. The van der Waals surface area contributed by atoms with Gasteiger partial charge in [-0.3, -0.25) is 9.69 Å². The molecule has 0 radical (unpaired) electrons. The van der Waals surface area contributed by atoms with Gasteiger partial charge in [0.1, 0.15) is 0 Å². The van der Waals surface area contributed by atoms with Crippen LogP contribution in [0.5, 0.6) is 0 Å². The first-order valence-electron chi connectivity index (χ1n) is 11.7. The van der Waals surface area contributed by atoms with E-state index in [1.54, 1.807) is 24.3 Å². The first-order valence-corrected chi connectivity index (χ1v) is 11.7. The van der Waals surface area contributed by atoms with E-state index in [9.17, 15) is 22.8 Å². The van der Waals surface area contributed by atoms with Crippen LogP contribution in [0.25, 0.3) is 0 Å². The number of piperidine rings is 1. The fourth-order valence-corrected chi connectivity index (χ4v) is 5.15. The van der Waals surface area contributed by atoms with E-state index >= 15 is 0 Å². The van der Waals surface area contributed by atoms with Crippen molar-refractivity contribution >= 4 is 41.4 Å². The fraction of sp³-hybridized carbons (Fsp3) is 0.462. The Balaban J connectivity index is 0.00000289. The third-order valence-corrected chi connectivity index (χ3v) is 7.72. The summed E-state index contributed by atoms with van der Waals surface area (Å²) in [5.74, 6) is -1.05. The number of carboxylic acids is 1. The van der Waals surface area contributed by atoms with Crippen molar-refractivity contribution in [2.75, 3.05) is 6.54 Å². The molecule has 0 aromatic heterocycles. The van der Waals surface area contributed by atoms with Crippen molar-refractivity contribution in [3.05, 3.63) is 70.8 Å². The van der Waals surface area contributed by atoms with Gasteiger partial charge in [-0.15, -0.1) is 0 Å². The van der Waals surface area contributed by atoms with Gasteiger partial charge >= 0.3 is 41.7 Å². The summed E-state index contributed by atoms with van der Waals surface area (Å²) in [6.07, 6.45) is 1.21.